The van der Waals surface area contributed by atoms with Gasteiger partial charge in [0.15, 0.2) is 0 Å². The van der Waals surface area contributed by atoms with Crippen LogP contribution in [0.1, 0.15) is 18.5 Å². The number of nitrogens with zero attached hydrogens (tertiary/aromatic N) is 1. The highest BCUT2D eigenvalue weighted by Crippen LogP contribution is 2.48. The van der Waals surface area contributed by atoms with E-state index in [4.69, 9.17) is 0 Å². The van der Waals surface area contributed by atoms with Gasteiger partial charge in [0.05, 0.1) is 0 Å². The van der Waals surface area contributed by atoms with Crippen LogP contribution in [-0.4, -0.2) is 10.3 Å². The number of alkyl halides is 3. The predicted octanol–water partition coefficient (Wildman–Crippen LogP) is 2.58. The molecule has 0 N–H and O–H groups in total. The van der Waals surface area contributed by atoms with Crippen molar-refractivity contribution in [2.75, 3.05) is 5.75 Å². The maximum Gasteiger partial charge on any atom is 0.431 e. The molecule has 1 aliphatic carbocycles. The molecule has 2 nitrogen and oxygen atoms in total. The first kappa shape index (κ1) is 12.5. The van der Waals surface area contributed by atoms with Gasteiger partial charge in [-0.05, 0) is 30.1 Å². The van der Waals surface area contributed by atoms with E-state index in [-0.39, 0.29) is 12.0 Å². The molecule has 1 fully saturated rings. The standard InChI is InChI=1S/C11H12F3NOS/c12-11(13,14)8-2-1-3-9(16)15(8)6-10(7-17)4-5-10/h1-3,17H,4-7H2. The van der Waals surface area contributed by atoms with Crippen LogP contribution in [0.4, 0.5) is 13.2 Å². The van der Waals surface area contributed by atoms with Crippen LogP contribution >= 0.6 is 12.6 Å². The van der Waals surface area contributed by atoms with E-state index in [1.54, 1.807) is 0 Å². The van der Waals surface area contributed by atoms with Crippen molar-refractivity contribution in [2.24, 2.45) is 5.41 Å². The third kappa shape index (κ3) is 2.51. The molecule has 17 heavy (non-hydrogen) atoms. The molecule has 94 valence electrons. The maximum atomic E-state index is 12.7. The molecule has 0 radical (unpaired) electrons. The van der Waals surface area contributed by atoms with Gasteiger partial charge in [0, 0.05) is 12.6 Å². The second-order valence-electron chi connectivity index (χ2n) is 4.49. The maximum absolute atomic E-state index is 12.7. The van der Waals surface area contributed by atoms with Crippen molar-refractivity contribution in [2.45, 2.75) is 25.6 Å². The lowest BCUT2D eigenvalue weighted by atomic mass is 10.1. The van der Waals surface area contributed by atoms with E-state index in [0.29, 0.717) is 5.75 Å². The van der Waals surface area contributed by atoms with E-state index in [2.05, 4.69) is 12.6 Å². The number of rotatable bonds is 3. The van der Waals surface area contributed by atoms with E-state index in [9.17, 15) is 18.0 Å². The molecule has 0 aromatic carbocycles. The minimum Gasteiger partial charge on any atom is -0.304 e. The van der Waals surface area contributed by atoms with Crippen molar-refractivity contribution >= 4 is 12.6 Å². The van der Waals surface area contributed by atoms with Crippen LogP contribution in [0.25, 0.3) is 0 Å². The van der Waals surface area contributed by atoms with Crippen LogP contribution in [0.5, 0.6) is 0 Å². The second kappa shape index (κ2) is 4.08. The van der Waals surface area contributed by atoms with Gasteiger partial charge < -0.3 is 4.57 Å². The fourth-order valence-electron chi connectivity index (χ4n) is 1.81. The largest absolute Gasteiger partial charge is 0.431 e. The van der Waals surface area contributed by atoms with E-state index in [1.807, 2.05) is 0 Å². The molecule has 1 heterocycles. The highest BCUT2D eigenvalue weighted by molar-refractivity contribution is 7.80. The Balaban J connectivity index is 2.42. The molecule has 2 rings (SSSR count). The molecule has 0 atom stereocenters. The van der Waals surface area contributed by atoms with Crippen LogP contribution in [0.3, 0.4) is 0 Å². The summed E-state index contributed by atoms with van der Waals surface area (Å²) in [6.07, 6.45) is -2.84. The van der Waals surface area contributed by atoms with Crippen LogP contribution in [-0.2, 0) is 12.7 Å². The molecule has 0 saturated heterocycles. The summed E-state index contributed by atoms with van der Waals surface area (Å²) in [5.74, 6) is 0.506. The summed E-state index contributed by atoms with van der Waals surface area (Å²) in [4.78, 5) is 11.5. The first-order valence-corrected chi connectivity index (χ1v) is 5.89. The fourth-order valence-corrected chi connectivity index (χ4v) is 2.23. The topological polar surface area (TPSA) is 22.0 Å². The quantitative estimate of drug-likeness (QED) is 0.832. The molecule has 1 aromatic rings. The van der Waals surface area contributed by atoms with Crippen LogP contribution in [0.2, 0.25) is 0 Å². The van der Waals surface area contributed by atoms with E-state index in [1.165, 1.54) is 0 Å². The van der Waals surface area contributed by atoms with Crippen molar-refractivity contribution in [3.05, 3.63) is 34.2 Å². The van der Waals surface area contributed by atoms with Gasteiger partial charge >= 0.3 is 6.18 Å². The first-order chi connectivity index (χ1) is 7.88. The van der Waals surface area contributed by atoms with Gasteiger partial charge in [-0.3, -0.25) is 4.79 Å². The van der Waals surface area contributed by atoms with Crippen molar-refractivity contribution in [3.63, 3.8) is 0 Å². The molecule has 1 aliphatic rings. The van der Waals surface area contributed by atoms with Gasteiger partial charge in [0.25, 0.3) is 5.56 Å². The Hall–Kier alpha value is -0.910. The van der Waals surface area contributed by atoms with Crippen LogP contribution < -0.4 is 5.56 Å². The Labute approximate surface area is 102 Å². The molecule has 0 unspecified atom stereocenters. The Morgan fingerprint density at radius 2 is 2.00 bits per heavy atom. The third-order valence-corrected chi connectivity index (χ3v) is 3.80. The highest BCUT2D eigenvalue weighted by atomic mass is 32.1. The summed E-state index contributed by atoms with van der Waals surface area (Å²) >= 11 is 4.14. The SMILES string of the molecule is O=c1cccc(C(F)(F)F)n1CC1(CS)CC1. The number of halogens is 3. The smallest absolute Gasteiger partial charge is 0.304 e. The zero-order valence-electron chi connectivity index (χ0n) is 9.00. The Morgan fingerprint density at radius 3 is 2.47 bits per heavy atom. The number of aromatic nitrogens is 1. The second-order valence-corrected chi connectivity index (χ2v) is 4.81. The van der Waals surface area contributed by atoms with Gasteiger partial charge in [-0.2, -0.15) is 25.8 Å². The van der Waals surface area contributed by atoms with Crippen molar-refractivity contribution < 1.29 is 13.2 Å². The Kier molecular flexibility index (Phi) is 3.01. The van der Waals surface area contributed by atoms with Crippen LogP contribution in [0.15, 0.2) is 23.0 Å². The molecular formula is C11H12F3NOS. The normalized spacial score (nSPS) is 18.1. The predicted molar refractivity (Wildman–Crippen MR) is 61.2 cm³/mol. The number of hydrogen-bond acceptors (Lipinski definition) is 2. The van der Waals surface area contributed by atoms with Gasteiger partial charge in [-0.1, -0.05) is 6.07 Å². The molecule has 1 saturated carbocycles. The molecule has 1 aromatic heterocycles. The van der Waals surface area contributed by atoms with Gasteiger partial charge in [-0.25, -0.2) is 0 Å². The fraction of sp³-hybridized carbons (Fsp3) is 0.545. The summed E-state index contributed by atoms with van der Waals surface area (Å²) in [5, 5.41) is 0. The first-order valence-electron chi connectivity index (χ1n) is 5.26. The lowest BCUT2D eigenvalue weighted by Gasteiger charge is -2.19. The average Bonchev–Trinajstić information content (AvgIpc) is 3.00. The molecule has 0 spiro atoms. The van der Waals surface area contributed by atoms with Gasteiger partial charge in [0.2, 0.25) is 0 Å². The van der Waals surface area contributed by atoms with E-state index >= 15 is 0 Å². The summed E-state index contributed by atoms with van der Waals surface area (Å²) in [6, 6.07) is 3.24. The van der Waals surface area contributed by atoms with Crippen molar-refractivity contribution in [1.82, 2.24) is 4.57 Å². The monoisotopic (exact) mass is 263 g/mol. The Bertz CT molecular complexity index is 476. The molecule has 0 bridgehead atoms. The van der Waals surface area contributed by atoms with E-state index < -0.39 is 17.4 Å². The minimum atomic E-state index is -4.49. The molecule has 6 heteroatoms. The highest BCUT2D eigenvalue weighted by Gasteiger charge is 2.44. The molecule has 0 aliphatic heterocycles. The number of hydrogen-bond donors (Lipinski definition) is 1. The number of pyridine rings is 1. The number of thiol groups is 1. The van der Waals surface area contributed by atoms with Gasteiger partial charge in [-0.15, -0.1) is 0 Å². The van der Waals surface area contributed by atoms with Crippen molar-refractivity contribution in [3.8, 4) is 0 Å². The average molecular weight is 263 g/mol. The third-order valence-electron chi connectivity index (χ3n) is 3.13. The van der Waals surface area contributed by atoms with Crippen molar-refractivity contribution in [1.29, 1.82) is 0 Å². The summed E-state index contributed by atoms with van der Waals surface area (Å²) in [7, 11) is 0. The lowest BCUT2D eigenvalue weighted by Crippen LogP contribution is -2.31. The summed E-state index contributed by atoms with van der Waals surface area (Å²) in [6.45, 7) is 0.102. The summed E-state index contributed by atoms with van der Waals surface area (Å²) in [5.41, 5.74) is -1.71. The minimum absolute atomic E-state index is 0.102. The van der Waals surface area contributed by atoms with E-state index in [0.717, 1.165) is 35.6 Å². The Morgan fingerprint density at radius 1 is 1.35 bits per heavy atom. The lowest BCUT2D eigenvalue weighted by molar-refractivity contribution is -0.144. The van der Waals surface area contributed by atoms with Crippen LogP contribution in [0, 0.1) is 5.41 Å². The zero-order chi connectivity index (χ0) is 12.7. The molecular weight excluding hydrogens is 251 g/mol. The summed E-state index contributed by atoms with van der Waals surface area (Å²) < 4.78 is 39.1. The molecule has 0 amide bonds. The zero-order valence-corrected chi connectivity index (χ0v) is 9.89. The van der Waals surface area contributed by atoms with Gasteiger partial charge in [0.1, 0.15) is 5.69 Å².